The molecule has 1 amide bonds. The molecule has 1 aromatic rings. The van der Waals surface area contributed by atoms with Crippen LogP contribution in [0.3, 0.4) is 0 Å². The van der Waals surface area contributed by atoms with Gasteiger partial charge in [-0.05, 0) is 37.9 Å². The van der Waals surface area contributed by atoms with Gasteiger partial charge in [0.1, 0.15) is 5.82 Å². The van der Waals surface area contributed by atoms with Crippen molar-refractivity contribution in [2.75, 3.05) is 5.32 Å². The van der Waals surface area contributed by atoms with Crippen LogP contribution in [0, 0.1) is 5.82 Å². The van der Waals surface area contributed by atoms with Crippen LogP contribution < -0.4 is 5.32 Å². The Kier molecular flexibility index (Phi) is 2.19. The summed E-state index contributed by atoms with van der Waals surface area (Å²) in [6.45, 7) is 0. The quantitative estimate of drug-likeness (QED) is 0.589. The second kappa shape index (κ2) is 3.13. The number of nitrogens with one attached hydrogen (secondary N) is 1. The molecule has 1 heterocycles. The standard InChI is InChI=1S/C8H2Br2FNO2/c9-2-1-3(11)6-4(5(2)10)7(13)8(14)12-6/h1H,(H,12,13,14). The van der Waals surface area contributed by atoms with Gasteiger partial charge in [-0.3, -0.25) is 9.59 Å². The van der Waals surface area contributed by atoms with E-state index in [1.807, 2.05) is 0 Å². The number of anilines is 1. The van der Waals surface area contributed by atoms with Gasteiger partial charge >= 0.3 is 0 Å². The normalized spacial score (nSPS) is 14.2. The van der Waals surface area contributed by atoms with Gasteiger partial charge in [-0.15, -0.1) is 0 Å². The molecule has 1 aromatic carbocycles. The van der Waals surface area contributed by atoms with Crippen molar-refractivity contribution in [3.8, 4) is 0 Å². The largest absolute Gasteiger partial charge is 0.316 e. The van der Waals surface area contributed by atoms with E-state index in [0.29, 0.717) is 8.95 Å². The number of halogens is 3. The highest BCUT2D eigenvalue weighted by molar-refractivity contribution is 9.13. The van der Waals surface area contributed by atoms with Gasteiger partial charge in [0.15, 0.2) is 0 Å². The molecule has 0 radical (unpaired) electrons. The van der Waals surface area contributed by atoms with E-state index in [-0.39, 0.29) is 11.3 Å². The zero-order valence-corrected chi connectivity index (χ0v) is 9.70. The van der Waals surface area contributed by atoms with Crippen molar-refractivity contribution >= 4 is 49.2 Å². The first-order valence-electron chi connectivity index (χ1n) is 3.55. The van der Waals surface area contributed by atoms with Gasteiger partial charge in [0.05, 0.1) is 11.3 Å². The Labute approximate surface area is 94.9 Å². The predicted molar refractivity (Wildman–Crippen MR) is 54.8 cm³/mol. The molecule has 14 heavy (non-hydrogen) atoms. The third-order valence-electron chi connectivity index (χ3n) is 1.84. The highest BCUT2D eigenvalue weighted by Crippen LogP contribution is 2.37. The average molecular weight is 323 g/mol. The molecule has 1 aliphatic rings. The van der Waals surface area contributed by atoms with Crippen LogP contribution in [0.5, 0.6) is 0 Å². The smallest absolute Gasteiger partial charge is 0.296 e. The van der Waals surface area contributed by atoms with Crippen molar-refractivity contribution in [1.29, 1.82) is 0 Å². The highest BCUT2D eigenvalue weighted by atomic mass is 79.9. The number of hydrogen-bond acceptors (Lipinski definition) is 2. The fourth-order valence-electron chi connectivity index (χ4n) is 1.21. The SMILES string of the molecule is O=C1Nc2c(F)cc(Br)c(Br)c2C1=O. The molecule has 0 fully saturated rings. The predicted octanol–water partition coefficient (Wildman–Crippen LogP) is 2.49. The van der Waals surface area contributed by atoms with Crippen molar-refractivity contribution in [2.45, 2.75) is 0 Å². The van der Waals surface area contributed by atoms with Crippen LogP contribution in [-0.2, 0) is 4.79 Å². The van der Waals surface area contributed by atoms with E-state index in [1.54, 1.807) is 0 Å². The summed E-state index contributed by atoms with van der Waals surface area (Å²) in [6.07, 6.45) is 0. The van der Waals surface area contributed by atoms with Gasteiger partial charge in [-0.25, -0.2) is 4.39 Å². The molecule has 0 aromatic heterocycles. The van der Waals surface area contributed by atoms with Gasteiger partial charge in [0.2, 0.25) is 0 Å². The molecule has 0 aliphatic carbocycles. The third-order valence-corrected chi connectivity index (χ3v) is 3.82. The summed E-state index contributed by atoms with van der Waals surface area (Å²) in [7, 11) is 0. The number of benzene rings is 1. The van der Waals surface area contributed by atoms with Gasteiger partial charge in [-0.1, -0.05) is 0 Å². The zero-order valence-electron chi connectivity index (χ0n) is 6.53. The Morgan fingerprint density at radius 2 is 1.93 bits per heavy atom. The minimum absolute atomic E-state index is 0.0434. The van der Waals surface area contributed by atoms with Crippen LogP contribution in [0.2, 0.25) is 0 Å². The van der Waals surface area contributed by atoms with E-state index in [1.165, 1.54) is 6.07 Å². The van der Waals surface area contributed by atoms with Crippen LogP contribution >= 0.6 is 31.9 Å². The average Bonchev–Trinajstić information content (AvgIpc) is 2.41. The summed E-state index contributed by atoms with van der Waals surface area (Å²) in [5.41, 5.74) is -0.0167. The molecule has 6 heteroatoms. The maximum absolute atomic E-state index is 13.3. The number of amides is 1. The maximum Gasteiger partial charge on any atom is 0.296 e. The van der Waals surface area contributed by atoms with Crippen LogP contribution in [-0.4, -0.2) is 11.7 Å². The number of rotatable bonds is 0. The number of Topliss-reactive ketones (excluding diaryl/α,β-unsaturated/α-hetero) is 1. The Hall–Kier alpha value is -0.750. The molecule has 0 saturated carbocycles. The lowest BCUT2D eigenvalue weighted by Crippen LogP contribution is -2.12. The first-order chi connectivity index (χ1) is 6.52. The summed E-state index contributed by atoms with van der Waals surface area (Å²) in [5, 5.41) is 2.17. The number of carbonyl (C=O) groups is 2. The molecule has 0 spiro atoms. The second-order valence-electron chi connectivity index (χ2n) is 2.69. The molecule has 3 nitrogen and oxygen atoms in total. The maximum atomic E-state index is 13.3. The Balaban J connectivity index is 2.80. The molecule has 2 rings (SSSR count). The highest BCUT2D eigenvalue weighted by Gasteiger charge is 2.33. The zero-order chi connectivity index (χ0) is 10.5. The van der Waals surface area contributed by atoms with Crippen LogP contribution in [0.1, 0.15) is 10.4 Å². The summed E-state index contributed by atoms with van der Waals surface area (Å²) < 4.78 is 14.0. The molecule has 1 N–H and O–H groups in total. The molecule has 1 aliphatic heterocycles. The number of ketones is 1. The molecule has 0 unspecified atom stereocenters. The van der Waals surface area contributed by atoms with E-state index in [2.05, 4.69) is 37.2 Å². The molecular weight excluding hydrogens is 321 g/mol. The lowest BCUT2D eigenvalue weighted by molar-refractivity contribution is -0.112. The first-order valence-corrected chi connectivity index (χ1v) is 5.14. The monoisotopic (exact) mass is 321 g/mol. The molecule has 0 atom stereocenters. The summed E-state index contributed by atoms with van der Waals surface area (Å²) >= 11 is 6.18. The van der Waals surface area contributed by atoms with E-state index >= 15 is 0 Å². The van der Waals surface area contributed by atoms with Crippen molar-refractivity contribution in [1.82, 2.24) is 0 Å². The van der Waals surface area contributed by atoms with E-state index in [4.69, 9.17) is 0 Å². The molecular formula is C8H2Br2FNO2. The van der Waals surface area contributed by atoms with Crippen molar-refractivity contribution in [3.05, 3.63) is 26.4 Å². The summed E-state index contributed by atoms with van der Waals surface area (Å²) in [5.74, 6) is -2.17. The minimum Gasteiger partial charge on any atom is -0.316 e. The Bertz CT molecular complexity index is 473. The lowest BCUT2D eigenvalue weighted by atomic mass is 10.1. The minimum atomic E-state index is -0.808. The summed E-state index contributed by atoms with van der Waals surface area (Å²) in [4.78, 5) is 22.3. The summed E-state index contributed by atoms with van der Waals surface area (Å²) in [6, 6.07) is 1.18. The number of hydrogen-bond donors (Lipinski definition) is 1. The van der Waals surface area contributed by atoms with E-state index < -0.39 is 17.5 Å². The molecule has 72 valence electrons. The van der Waals surface area contributed by atoms with E-state index in [0.717, 1.165) is 0 Å². The first kappa shape index (κ1) is 9.79. The van der Waals surface area contributed by atoms with Crippen molar-refractivity contribution in [3.63, 3.8) is 0 Å². The number of carbonyl (C=O) groups excluding carboxylic acids is 2. The van der Waals surface area contributed by atoms with Gasteiger partial charge in [0, 0.05) is 8.95 Å². The van der Waals surface area contributed by atoms with Gasteiger partial charge < -0.3 is 5.32 Å². The van der Waals surface area contributed by atoms with Crippen LogP contribution in [0.4, 0.5) is 10.1 Å². The Morgan fingerprint density at radius 3 is 2.57 bits per heavy atom. The molecule has 0 bridgehead atoms. The third kappa shape index (κ3) is 1.21. The van der Waals surface area contributed by atoms with Crippen molar-refractivity contribution < 1.29 is 14.0 Å². The lowest BCUT2D eigenvalue weighted by Gasteiger charge is -2.03. The Morgan fingerprint density at radius 1 is 1.29 bits per heavy atom. The van der Waals surface area contributed by atoms with Crippen molar-refractivity contribution in [2.24, 2.45) is 0 Å². The second-order valence-corrected chi connectivity index (χ2v) is 4.33. The fraction of sp³-hybridized carbons (Fsp3) is 0. The van der Waals surface area contributed by atoms with Gasteiger partial charge in [-0.2, -0.15) is 0 Å². The molecule has 0 saturated heterocycles. The number of fused-ring (bicyclic) bond motifs is 1. The topological polar surface area (TPSA) is 46.2 Å². The van der Waals surface area contributed by atoms with Gasteiger partial charge in [0.25, 0.3) is 11.7 Å². The van der Waals surface area contributed by atoms with E-state index in [9.17, 15) is 14.0 Å². The van der Waals surface area contributed by atoms with Crippen LogP contribution in [0.25, 0.3) is 0 Å². The fourth-order valence-corrected chi connectivity index (χ4v) is 2.11. The van der Waals surface area contributed by atoms with Crippen LogP contribution in [0.15, 0.2) is 15.0 Å².